The third-order valence-electron chi connectivity index (χ3n) is 6.75. The van der Waals surface area contributed by atoms with Gasteiger partial charge in [-0.1, -0.05) is 50.2 Å². The van der Waals surface area contributed by atoms with Gasteiger partial charge in [0.1, 0.15) is 0 Å². The number of likely N-dealkylation sites (N-methyl/N-ethyl adjacent to an activating group) is 1. The first kappa shape index (κ1) is 23.5. The lowest BCUT2D eigenvalue weighted by Crippen LogP contribution is -2.47. The van der Waals surface area contributed by atoms with Crippen molar-refractivity contribution in [2.24, 2.45) is 5.92 Å². The number of hydrogen-bond acceptors (Lipinski definition) is 4. The molecule has 2 atom stereocenters. The van der Waals surface area contributed by atoms with Crippen molar-refractivity contribution >= 4 is 33.9 Å². The molecule has 0 spiro atoms. The molecule has 4 rings (SSSR count). The Morgan fingerprint density at radius 2 is 1.91 bits per heavy atom. The van der Waals surface area contributed by atoms with Crippen molar-refractivity contribution in [3.05, 3.63) is 70.4 Å². The molecule has 0 radical (unpaired) electrons. The summed E-state index contributed by atoms with van der Waals surface area (Å²) in [6.07, 6.45) is 1.66. The lowest BCUT2D eigenvalue weighted by molar-refractivity contribution is -0.126. The van der Waals surface area contributed by atoms with E-state index in [1.54, 1.807) is 11.3 Å². The van der Waals surface area contributed by atoms with Gasteiger partial charge in [-0.2, -0.15) is 11.3 Å². The SMILES string of the molecule is CCN(CC)C(CNC(=O)C1CCCN(C(=O)c2cccc3ccccc23)C1)c1ccsc1. The molecule has 33 heavy (non-hydrogen) atoms. The van der Waals surface area contributed by atoms with Crippen LogP contribution in [0.5, 0.6) is 0 Å². The van der Waals surface area contributed by atoms with Crippen molar-refractivity contribution < 1.29 is 9.59 Å². The number of carbonyl (C=O) groups is 2. The van der Waals surface area contributed by atoms with Crippen LogP contribution < -0.4 is 5.32 Å². The Kier molecular flexibility index (Phi) is 7.78. The number of fused-ring (bicyclic) bond motifs is 1. The molecule has 2 aromatic carbocycles. The number of hydrogen-bond donors (Lipinski definition) is 1. The number of piperidine rings is 1. The number of likely N-dealkylation sites (tertiary alicyclic amines) is 1. The summed E-state index contributed by atoms with van der Waals surface area (Å²) < 4.78 is 0. The zero-order valence-corrected chi connectivity index (χ0v) is 20.3. The molecule has 0 saturated carbocycles. The molecular weight excluding hydrogens is 430 g/mol. The molecule has 1 saturated heterocycles. The summed E-state index contributed by atoms with van der Waals surface area (Å²) in [5, 5.41) is 9.49. The number of nitrogens with one attached hydrogen (secondary N) is 1. The second kappa shape index (κ2) is 10.9. The van der Waals surface area contributed by atoms with E-state index < -0.39 is 0 Å². The minimum Gasteiger partial charge on any atom is -0.354 e. The van der Waals surface area contributed by atoms with Crippen molar-refractivity contribution in [1.29, 1.82) is 0 Å². The summed E-state index contributed by atoms with van der Waals surface area (Å²) in [5.74, 6) is -0.0982. The maximum atomic E-state index is 13.4. The molecule has 0 aliphatic carbocycles. The summed E-state index contributed by atoms with van der Waals surface area (Å²) in [7, 11) is 0. The molecule has 5 nitrogen and oxygen atoms in total. The van der Waals surface area contributed by atoms with Crippen molar-refractivity contribution in [3.8, 4) is 0 Å². The Balaban J connectivity index is 1.42. The van der Waals surface area contributed by atoms with Gasteiger partial charge in [-0.15, -0.1) is 0 Å². The van der Waals surface area contributed by atoms with Crippen molar-refractivity contribution in [1.82, 2.24) is 15.1 Å². The molecule has 1 N–H and O–H groups in total. The van der Waals surface area contributed by atoms with E-state index in [-0.39, 0.29) is 23.8 Å². The topological polar surface area (TPSA) is 52.7 Å². The lowest BCUT2D eigenvalue weighted by atomic mass is 9.95. The highest BCUT2D eigenvalue weighted by atomic mass is 32.1. The minimum atomic E-state index is -0.169. The Hall–Kier alpha value is -2.70. The predicted molar refractivity (Wildman–Crippen MR) is 136 cm³/mol. The highest BCUT2D eigenvalue weighted by Crippen LogP contribution is 2.25. The van der Waals surface area contributed by atoms with Crippen LogP contribution in [0.2, 0.25) is 0 Å². The number of benzene rings is 2. The molecule has 1 fully saturated rings. The van der Waals surface area contributed by atoms with Crippen LogP contribution in [-0.4, -0.2) is 54.3 Å². The Morgan fingerprint density at radius 1 is 1.12 bits per heavy atom. The Morgan fingerprint density at radius 3 is 2.67 bits per heavy atom. The zero-order chi connectivity index (χ0) is 23.2. The smallest absolute Gasteiger partial charge is 0.254 e. The van der Waals surface area contributed by atoms with Crippen LogP contribution in [0.4, 0.5) is 0 Å². The predicted octanol–water partition coefficient (Wildman–Crippen LogP) is 4.95. The first-order chi connectivity index (χ1) is 16.1. The molecule has 1 aromatic heterocycles. The van der Waals surface area contributed by atoms with Crippen molar-refractivity contribution in [3.63, 3.8) is 0 Å². The monoisotopic (exact) mass is 463 g/mol. The first-order valence-electron chi connectivity index (χ1n) is 11.9. The minimum absolute atomic E-state index is 0.0172. The molecule has 2 heterocycles. The highest BCUT2D eigenvalue weighted by molar-refractivity contribution is 7.08. The van der Waals surface area contributed by atoms with Gasteiger partial charge in [0.15, 0.2) is 0 Å². The first-order valence-corrected chi connectivity index (χ1v) is 12.9. The van der Waals surface area contributed by atoms with Gasteiger partial charge in [-0.25, -0.2) is 0 Å². The average Bonchev–Trinajstić information content (AvgIpc) is 3.40. The summed E-state index contributed by atoms with van der Waals surface area (Å²) in [6.45, 7) is 7.94. The van der Waals surface area contributed by atoms with Gasteiger partial charge >= 0.3 is 0 Å². The van der Waals surface area contributed by atoms with E-state index in [0.29, 0.717) is 25.2 Å². The van der Waals surface area contributed by atoms with Gasteiger partial charge < -0.3 is 10.2 Å². The van der Waals surface area contributed by atoms with Crippen molar-refractivity contribution in [2.75, 3.05) is 32.7 Å². The standard InChI is InChI=1S/C27H33N3O2S/c1-3-29(4-2)25(22-14-16-33-19-22)17-28-26(31)21-11-8-15-30(18-21)27(32)24-13-7-10-20-9-5-6-12-23(20)24/h5-7,9-10,12-14,16,19,21,25H,3-4,8,11,15,17-18H2,1-2H3,(H,28,31). The van der Waals surface area contributed by atoms with E-state index >= 15 is 0 Å². The number of amides is 2. The van der Waals surface area contributed by atoms with Crippen LogP contribution in [0.3, 0.4) is 0 Å². The second-order valence-electron chi connectivity index (χ2n) is 8.66. The maximum absolute atomic E-state index is 13.4. The molecule has 1 aliphatic heterocycles. The fourth-order valence-electron chi connectivity index (χ4n) is 4.89. The molecule has 174 valence electrons. The maximum Gasteiger partial charge on any atom is 0.254 e. The number of rotatable bonds is 8. The van der Waals surface area contributed by atoms with Crippen LogP contribution >= 0.6 is 11.3 Å². The quantitative estimate of drug-likeness (QED) is 0.514. The fraction of sp³-hybridized carbons (Fsp3) is 0.407. The molecule has 3 aromatic rings. The summed E-state index contributed by atoms with van der Waals surface area (Å²) in [6, 6.07) is 16.1. The van der Waals surface area contributed by atoms with E-state index in [4.69, 9.17) is 0 Å². The van der Waals surface area contributed by atoms with Gasteiger partial charge in [-0.05, 0) is 65.2 Å². The van der Waals surface area contributed by atoms with Gasteiger partial charge in [0.25, 0.3) is 5.91 Å². The molecule has 2 amide bonds. The van der Waals surface area contributed by atoms with Crippen molar-refractivity contribution in [2.45, 2.75) is 32.7 Å². The fourth-order valence-corrected chi connectivity index (χ4v) is 5.59. The van der Waals surface area contributed by atoms with Gasteiger partial charge in [0.05, 0.1) is 12.0 Å². The molecule has 1 aliphatic rings. The van der Waals surface area contributed by atoms with Crippen LogP contribution in [0, 0.1) is 5.92 Å². The number of nitrogens with zero attached hydrogens (tertiary/aromatic N) is 2. The van der Waals surface area contributed by atoms with E-state index in [2.05, 4.69) is 40.9 Å². The Bertz CT molecular complexity index is 1070. The van der Waals surface area contributed by atoms with Crippen LogP contribution in [0.1, 0.15) is 48.7 Å². The lowest BCUT2D eigenvalue weighted by Gasteiger charge is -2.34. The second-order valence-corrected chi connectivity index (χ2v) is 9.44. The van der Waals surface area contributed by atoms with Crippen LogP contribution in [-0.2, 0) is 4.79 Å². The third kappa shape index (κ3) is 5.28. The molecular formula is C27H33N3O2S. The summed E-state index contributed by atoms with van der Waals surface area (Å²) >= 11 is 1.69. The zero-order valence-electron chi connectivity index (χ0n) is 19.5. The highest BCUT2D eigenvalue weighted by Gasteiger charge is 2.30. The molecule has 6 heteroatoms. The number of carbonyl (C=O) groups excluding carboxylic acids is 2. The average molecular weight is 464 g/mol. The third-order valence-corrected chi connectivity index (χ3v) is 7.45. The van der Waals surface area contributed by atoms with Crippen LogP contribution in [0.25, 0.3) is 10.8 Å². The van der Waals surface area contributed by atoms with Gasteiger partial charge in [0, 0.05) is 25.2 Å². The largest absolute Gasteiger partial charge is 0.354 e. The van der Waals surface area contributed by atoms with Crippen LogP contribution in [0.15, 0.2) is 59.3 Å². The van der Waals surface area contributed by atoms with Gasteiger partial charge in [-0.3, -0.25) is 14.5 Å². The molecule has 0 bridgehead atoms. The number of thiophene rings is 1. The normalized spacial score (nSPS) is 17.3. The Labute approximate surface area is 200 Å². The van der Waals surface area contributed by atoms with Gasteiger partial charge in [0.2, 0.25) is 5.91 Å². The summed E-state index contributed by atoms with van der Waals surface area (Å²) in [5.41, 5.74) is 1.97. The van der Waals surface area contributed by atoms with E-state index in [1.165, 1.54) is 5.56 Å². The van der Waals surface area contributed by atoms with E-state index in [1.807, 2.05) is 47.4 Å². The molecule has 2 unspecified atom stereocenters. The summed E-state index contributed by atoms with van der Waals surface area (Å²) in [4.78, 5) is 30.7. The van der Waals surface area contributed by atoms with E-state index in [0.717, 1.165) is 36.7 Å². The van der Waals surface area contributed by atoms with E-state index in [9.17, 15) is 9.59 Å².